The van der Waals surface area contributed by atoms with Crippen molar-refractivity contribution in [1.82, 2.24) is 0 Å². The van der Waals surface area contributed by atoms with Crippen molar-refractivity contribution in [2.24, 2.45) is 5.92 Å². The van der Waals surface area contributed by atoms with Crippen LogP contribution in [0.1, 0.15) is 16.8 Å². The number of phenols is 1. The molecular formula is C14H15NO6. The molecule has 7 nitrogen and oxygen atoms in total. The summed E-state index contributed by atoms with van der Waals surface area (Å²) in [5.74, 6) is -2.42. The summed E-state index contributed by atoms with van der Waals surface area (Å²) < 4.78 is 9.18. The summed E-state index contributed by atoms with van der Waals surface area (Å²) in [6.07, 6.45) is 0.00850. The van der Waals surface area contributed by atoms with Gasteiger partial charge in [-0.1, -0.05) is 6.07 Å². The highest BCUT2D eigenvalue weighted by atomic mass is 16.5. The molecule has 0 bridgehead atoms. The van der Waals surface area contributed by atoms with E-state index in [1.54, 1.807) is 0 Å². The fraction of sp³-hybridized carbons (Fsp3) is 0.357. The smallest absolute Gasteiger partial charge is 0.341 e. The Labute approximate surface area is 121 Å². The molecule has 0 spiro atoms. The number of ether oxygens (including phenoxy) is 2. The number of aromatic hydroxyl groups is 1. The third-order valence-corrected chi connectivity index (χ3v) is 3.37. The van der Waals surface area contributed by atoms with Gasteiger partial charge in [-0.25, -0.2) is 4.79 Å². The summed E-state index contributed by atoms with van der Waals surface area (Å²) in [6.45, 7) is 0.101. The van der Waals surface area contributed by atoms with E-state index in [-0.39, 0.29) is 35.9 Å². The summed E-state index contributed by atoms with van der Waals surface area (Å²) in [4.78, 5) is 36.3. The summed E-state index contributed by atoms with van der Waals surface area (Å²) in [7, 11) is 2.45. The number of carbonyl (C=O) groups excluding carboxylic acids is 3. The van der Waals surface area contributed by atoms with E-state index in [0.29, 0.717) is 0 Å². The average molecular weight is 293 g/mol. The summed E-state index contributed by atoms with van der Waals surface area (Å²) in [5.41, 5.74) is 0.138. The second-order valence-corrected chi connectivity index (χ2v) is 4.59. The first kappa shape index (κ1) is 14.8. The number of hydrogen-bond acceptors (Lipinski definition) is 6. The van der Waals surface area contributed by atoms with Gasteiger partial charge in [0.2, 0.25) is 5.91 Å². The zero-order chi connectivity index (χ0) is 15.6. The molecule has 1 saturated heterocycles. The van der Waals surface area contributed by atoms with Crippen LogP contribution in [0.15, 0.2) is 18.2 Å². The predicted molar refractivity (Wildman–Crippen MR) is 71.9 cm³/mol. The molecule has 1 unspecified atom stereocenters. The van der Waals surface area contributed by atoms with E-state index in [1.165, 1.54) is 37.3 Å². The van der Waals surface area contributed by atoms with Gasteiger partial charge in [0.25, 0.3) is 0 Å². The molecule has 21 heavy (non-hydrogen) atoms. The van der Waals surface area contributed by atoms with E-state index in [1.807, 2.05) is 0 Å². The molecule has 1 aliphatic heterocycles. The van der Waals surface area contributed by atoms with Crippen LogP contribution in [0.3, 0.4) is 0 Å². The molecule has 1 aromatic rings. The lowest BCUT2D eigenvalue weighted by atomic mass is 10.1. The summed E-state index contributed by atoms with van der Waals surface area (Å²) in [6, 6.07) is 4.42. The molecule has 2 rings (SSSR count). The Morgan fingerprint density at radius 1 is 1.29 bits per heavy atom. The topological polar surface area (TPSA) is 93.1 Å². The number of esters is 2. The predicted octanol–water partition coefficient (Wildman–Crippen LogP) is 0.705. The van der Waals surface area contributed by atoms with Gasteiger partial charge in [-0.2, -0.15) is 0 Å². The third kappa shape index (κ3) is 2.67. The highest BCUT2D eigenvalue weighted by Gasteiger charge is 2.37. The highest BCUT2D eigenvalue weighted by Crippen LogP contribution is 2.35. The molecule has 1 aromatic carbocycles. The summed E-state index contributed by atoms with van der Waals surface area (Å²) in [5, 5.41) is 10.1. The van der Waals surface area contributed by atoms with Gasteiger partial charge in [-0.05, 0) is 12.1 Å². The zero-order valence-corrected chi connectivity index (χ0v) is 11.7. The number of rotatable bonds is 3. The Kier molecular flexibility index (Phi) is 4.11. The second kappa shape index (κ2) is 5.82. The number of anilines is 1. The van der Waals surface area contributed by atoms with Crippen molar-refractivity contribution in [2.75, 3.05) is 25.7 Å². The molecule has 0 saturated carbocycles. The van der Waals surface area contributed by atoms with Gasteiger partial charge in [-0.3, -0.25) is 9.59 Å². The molecular weight excluding hydrogens is 278 g/mol. The van der Waals surface area contributed by atoms with Crippen LogP contribution in [0.4, 0.5) is 5.69 Å². The van der Waals surface area contributed by atoms with Crippen molar-refractivity contribution in [3.8, 4) is 5.75 Å². The first-order valence-corrected chi connectivity index (χ1v) is 6.28. The Balaban J connectivity index is 2.33. The quantitative estimate of drug-likeness (QED) is 0.825. The third-order valence-electron chi connectivity index (χ3n) is 3.37. The maximum absolute atomic E-state index is 12.0. The minimum atomic E-state index is -0.703. The van der Waals surface area contributed by atoms with Crippen LogP contribution in [-0.4, -0.2) is 43.7 Å². The average Bonchev–Trinajstić information content (AvgIpc) is 2.87. The van der Waals surface area contributed by atoms with Crippen molar-refractivity contribution in [2.45, 2.75) is 6.42 Å². The standard InChI is InChI=1S/C14H15NO6/c1-20-13(18)8-6-11(16)15(7-8)10-5-3-4-9(12(10)17)14(19)21-2/h3-5,8,17H,6-7H2,1-2H3. The van der Waals surface area contributed by atoms with Crippen LogP contribution >= 0.6 is 0 Å². The maximum atomic E-state index is 12.0. The first-order chi connectivity index (χ1) is 9.99. The maximum Gasteiger partial charge on any atom is 0.341 e. The number of para-hydroxylation sites is 1. The lowest BCUT2D eigenvalue weighted by Crippen LogP contribution is -2.26. The molecule has 1 N–H and O–H groups in total. The van der Waals surface area contributed by atoms with Gasteiger partial charge >= 0.3 is 11.9 Å². The normalized spacial score (nSPS) is 17.7. The second-order valence-electron chi connectivity index (χ2n) is 4.59. The van der Waals surface area contributed by atoms with Crippen LogP contribution in [-0.2, 0) is 19.1 Å². The van der Waals surface area contributed by atoms with Crippen molar-refractivity contribution in [3.63, 3.8) is 0 Å². The molecule has 0 aliphatic carbocycles. The fourth-order valence-corrected chi connectivity index (χ4v) is 2.29. The van der Waals surface area contributed by atoms with E-state index >= 15 is 0 Å². The largest absolute Gasteiger partial charge is 0.505 e. The number of hydrogen-bond donors (Lipinski definition) is 1. The Morgan fingerprint density at radius 2 is 2.00 bits per heavy atom. The van der Waals surface area contributed by atoms with E-state index in [4.69, 9.17) is 0 Å². The lowest BCUT2D eigenvalue weighted by Gasteiger charge is -2.18. The van der Waals surface area contributed by atoms with E-state index in [9.17, 15) is 19.5 Å². The number of benzene rings is 1. The Bertz CT molecular complexity index is 597. The van der Waals surface area contributed by atoms with Gasteiger partial charge in [0.1, 0.15) is 5.56 Å². The Morgan fingerprint density at radius 3 is 2.62 bits per heavy atom. The molecule has 1 amide bonds. The van der Waals surface area contributed by atoms with Crippen molar-refractivity contribution in [1.29, 1.82) is 0 Å². The van der Waals surface area contributed by atoms with Crippen molar-refractivity contribution in [3.05, 3.63) is 23.8 Å². The number of carbonyl (C=O) groups is 3. The van der Waals surface area contributed by atoms with E-state index < -0.39 is 17.9 Å². The van der Waals surface area contributed by atoms with Crippen LogP contribution < -0.4 is 4.90 Å². The van der Waals surface area contributed by atoms with Gasteiger partial charge in [0, 0.05) is 13.0 Å². The van der Waals surface area contributed by atoms with Crippen LogP contribution in [0.5, 0.6) is 5.75 Å². The zero-order valence-electron chi connectivity index (χ0n) is 11.7. The molecule has 1 aliphatic rings. The lowest BCUT2D eigenvalue weighted by molar-refractivity contribution is -0.145. The van der Waals surface area contributed by atoms with Gasteiger partial charge in [-0.15, -0.1) is 0 Å². The molecule has 7 heteroatoms. The van der Waals surface area contributed by atoms with Crippen LogP contribution in [0, 0.1) is 5.92 Å². The number of phenolic OH excluding ortho intramolecular Hbond substituents is 1. The van der Waals surface area contributed by atoms with E-state index in [2.05, 4.69) is 9.47 Å². The molecule has 1 atom stereocenters. The fourth-order valence-electron chi connectivity index (χ4n) is 2.29. The van der Waals surface area contributed by atoms with E-state index in [0.717, 1.165) is 0 Å². The molecule has 1 fully saturated rings. The molecule has 0 radical (unpaired) electrons. The minimum Gasteiger partial charge on any atom is -0.505 e. The van der Waals surface area contributed by atoms with Crippen molar-refractivity contribution < 1.29 is 29.0 Å². The number of nitrogens with zero attached hydrogens (tertiary/aromatic N) is 1. The number of methoxy groups -OCH3 is 2. The Hall–Kier alpha value is -2.57. The number of amides is 1. The monoisotopic (exact) mass is 293 g/mol. The molecule has 112 valence electrons. The van der Waals surface area contributed by atoms with Gasteiger partial charge in [0.05, 0.1) is 25.8 Å². The SMILES string of the molecule is COC(=O)c1cccc(N2CC(C(=O)OC)CC2=O)c1O. The van der Waals surface area contributed by atoms with Crippen LogP contribution in [0.25, 0.3) is 0 Å². The van der Waals surface area contributed by atoms with Crippen LogP contribution in [0.2, 0.25) is 0 Å². The molecule has 1 heterocycles. The van der Waals surface area contributed by atoms with Gasteiger partial charge in [0.15, 0.2) is 5.75 Å². The van der Waals surface area contributed by atoms with Gasteiger partial charge < -0.3 is 19.5 Å². The minimum absolute atomic E-state index is 0.00850. The van der Waals surface area contributed by atoms with Crippen molar-refractivity contribution >= 4 is 23.5 Å². The first-order valence-electron chi connectivity index (χ1n) is 6.28. The highest BCUT2D eigenvalue weighted by molar-refractivity contribution is 6.03. The summed E-state index contributed by atoms with van der Waals surface area (Å²) >= 11 is 0. The molecule has 0 aromatic heterocycles.